The van der Waals surface area contributed by atoms with Crippen molar-refractivity contribution in [1.82, 2.24) is 4.98 Å². The van der Waals surface area contributed by atoms with Crippen molar-refractivity contribution in [3.8, 4) is 40.0 Å². The highest BCUT2D eigenvalue weighted by atomic mass is 32.2. The van der Waals surface area contributed by atoms with Gasteiger partial charge in [0.25, 0.3) is 0 Å². The zero-order chi connectivity index (χ0) is 24.6. The first kappa shape index (κ1) is 23.9. The van der Waals surface area contributed by atoms with Crippen molar-refractivity contribution in [2.75, 3.05) is 25.3 Å². The molecule has 4 aromatic rings. The predicted molar refractivity (Wildman–Crippen MR) is 139 cm³/mol. The number of thioether (sulfide) groups is 1. The van der Waals surface area contributed by atoms with Gasteiger partial charge in [0.05, 0.1) is 31.2 Å². The lowest BCUT2D eigenvalue weighted by Gasteiger charge is -2.16. The van der Waals surface area contributed by atoms with Crippen LogP contribution in [0, 0.1) is 11.3 Å². The number of hydrogen-bond acceptors (Lipinski definition) is 6. The number of ether oxygens (including phenoxy) is 2. The molecule has 0 aliphatic carbocycles. The first-order valence-electron chi connectivity index (χ1n) is 10.8. The van der Waals surface area contributed by atoms with Crippen LogP contribution in [0.1, 0.15) is 5.56 Å². The molecule has 1 aromatic heterocycles. The first-order chi connectivity index (χ1) is 17.1. The van der Waals surface area contributed by atoms with Gasteiger partial charge in [-0.25, -0.2) is 4.98 Å². The van der Waals surface area contributed by atoms with Gasteiger partial charge in [0.15, 0.2) is 11.5 Å². The summed E-state index contributed by atoms with van der Waals surface area (Å²) in [6.45, 7) is 0. The zero-order valence-electron chi connectivity index (χ0n) is 19.3. The molecular formula is C28H23N3O3S. The highest BCUT2D eigenvalue weighted by molar-refractivity contribution is 8.00. The van der Waals surface area contributed by atoms with E-state index in [2.05, 4.69) is 11.4 Å². The number of para-hydroxylation sites is 2. The molecule has 35 heavy (non-hydrogen) atoms. The van der Waals surface area contributed by atoms with E-state index in [1.165, 1.54) is 11.8 Å². The van der Waals surface area contributed by atoms with Gasteiger partial charge in [0.1, 0.15) is 11.1 Å². The molecule has 1 amide bonds. The van der Waals surface area contributed by atoms with Gasteiger partial charge in [0, 0.05) is 22.4 Å². The fourth-order valence-electron chi connectivity index (χ4n) is 3.66. The summed E-state index contributed by atoms with van der Waals surface area (Å²) in [6, 6.07) is 28.7. The van der Waals surface area contributed by atoms with Crippen LogP contribution < -0.4 is 14.8 Å². The number of amides is 1. The molecule has 0 unspecified atom stereocenters. The average molecular weight is 482 g/mol. The molecule has 0 aliphatic rings. The van der Waals surface area contributed by atoms with Crippen molar-refractivity contribution in [1.29, 1.82) is 5.26 Å². The minimum Gasteiger partial charge on any atom is -0.493 e. The molecule has 6 nitrogen and oxygen atoms in total. The van der Waals surface area contributed by atoms with Gasteiger partial charge in [-0.3, -0.25) is 4.79 Å². The molecule has 3 aromatic carbocycles. The number of anilines is 1. The Morgan fingerprint density at radius 2 is 1.66 bits per heavy atom. The number of methoxy groups -OCH3 is 2. The van der Waals surface area contributed by atoms with Crippen molar-refractivity contribution >= 4 is 23.4 Å². The molecule has 0 saturated heterocycles. The number of carbonyl (C=O) groups excluding carboxylic acids is 1. The number of benzene rings is 3. The second-order valence-corrected chi connectivity index (χ2v) is 8.42. The largest absolute Gasteiger partial charge is 0.493 e. The Kier molecular flexibility index (Phi) is 7.66. The van der Waals surface area contributed by atoms with Gasteiger partial charge in [-0.15, -0.1) is 0 Å². The highest BCUT2D eigenvalue weighted by Crippen LogP contribution is 2.42. The first-order valence-corrected chi connectivity index (χ1v) is 11.8. The molecule has 4 rings (SSSR count). The number of aromatic nitrogens is 1. The Morgan fingerprint density at radius 3 is 2.31 bits per heavy atom. The van der Waals surface area contributed by atoms with Gasteiger partial charge in [-0.1, -0.05) is 72.4 Å². The van der Waals surface area contributed by atoms with Gasteiger partial charge >= 0.3 is 0 Å². The molecule has 1 N–H and O–H groups in total. The van der Waals surface area contributed by atoms with E-state index in [4.69, 9.17) is 14.5 Å². The highest BCUT2D eigenvalue weighted by Gasteiger charge is 2.21. The lowest BCUT2D eigenvalue weighted by atomic mass is 9.98. The third-order valence-electron chi connectivity index (χ3n) is 5.26. The van der Waals surface area contributed by atoms with E-state index in [-0.39, 0.29) is 11.7 Å². The molecule has 174 valence electrons. The summed E-state index contributed by atoms with van der Waals surface area (Å²) in [5.74, 6) is 0.999. The standard InChI is InChI=1S/C28H23N3O3S/c1-33-25-15-9-14-21(27(25)34-2)22-16-24(19-10-5-3-6-11-19)31-28(23(22)17-29)35-18-26(32)30-20-12-7-4-8-13-20/h3-16H,18H2,1-2H3,(H,30,32). The fourth-order valence-corrected chi connectivity index (χ4v) is 4.46. The van der Waals surface area contributed by atoms with Crippen LogP contribution in [0.25, 0.3) is 22.4 Å². The number of pyridine rings is 1. The third-order valence-corrected chi connectivity index (χ3v) is 6.23. The van der Waals surface area contributed by atoms with Crippen molar-refractivity contribution in [3.63, 3.8) is 0 Å². The number of rotatable bonds is 8. The molecule has 7 heteroatoms. The van der Waals surface area contributed by atoms with E-state index in [1.54, 1.807) is 20.3 Å². The number of nitriles is 1. The van der Waals surface area contributed by atoms with Gasteiger partial charge in [-0.05, 0) is 24.3 Å². The monoisotopic (exact) mass is 481 g/mol. The van der Waals surface area contributed by atoms with Crippen molar-refractivity contribution < 1.29 is 14.3 Å². The molecule has 1 heterocycles. The molecule has 0 fully saturated rings. The summed E-state index contributed by atoms with van der Waals surface area (Å²) in [5.41, 5.74) is 4.04. The SMILES string of the molecule is COc1cccc(-c2cc(-c3ccccc3)nc(SCC(=O)Nc3ccccc3)c2C#N)c1OC. The zero-order valence-corrected chi connectivity index (χ0v) is 20.1. The number of nitrogens with zero attached hydrogens (tertiary/aromatic N) is 2. The lowest BCUT2D eigenvalue weighted by Crippen LogP contribution is -2.14. The van der Waals surface area contributed by atoms with Crippen molar-refractivity contribution in [2.24, 2.45) is 0 Å². The fraction of sp³-hybridized carbons (Fsp3) is 0.107. The summed E-state index contributed by atoms with van der Waals surface area (Å²) in [5, 5.41) is 13.5. The predicted octanol–water partition coefficient (Wildman–Crippen LogP) is 6.04. The van der Waals surface area contributed by atoms with Crippen molar-refractivity contribution in [3.05, 3.63) is 90.5 Å². The number of nitrogens with one attached hydrogen (secondary N) is 1. The van der Waals surface area contributed by atoms with Crippen LogP contribution in [0.4, 0.5) is 5.69 Å². The molecule has 0 radical (unpaired) electrons. The molecule has 0 bridgehead atoms. The Hall–Kier alpha value is -4.28. The molecule has 0 saturated carbocycles. The third kappa shape index (κ3) is 5.45. The minimum absolute atomic E-state index is 0.101. The van der Waals surface area contributed by atoms with E-state index in [0.717, 1.165) is 5.56 Å². The lowest BCUT2D eigenvalue weighted by molar-refractivity contribution is -0.113. The van der Waals surface area contributed by atoms with E-state index >= 15 is 0 Å². The molecule has 0 spiro atoms. The summed E-state index contributed by atoms with van der Waals surface area (Å²) >= 11 is 1.22. The van der Waals surface area contributed by atoms with Crippen LogP contribution in [0.3, 0.4) is 0 Å². The number of carbonyl (C=O) groups is 1. The summed E-state index contributed by atoms with van der Waals surface area (Å²) < 4.78 is 11.1. The normalized spacial score (nSPS) is 10.3. The maximum atomic E-state index is 12.6. The van der Waals surface area contributed by atoms with Gasteiger partial charge in [0.2, 0.25) is 5.91 Å². The van der Waals surface area contributed by atoms with E-state index in [9.17, 15) is 10.1 Å². The van der Waals surface area contributed by atoms with Crippen LogP contribution >= 0.6 is 11.8 Å². The van der Waals surface area contributed by atoms with E-state index in [0.29, 0.717) is 44.6 Å². The second kappa shape index (κ2) is 11.2. The van der Waals surface area contributed by atoms with Crippen LogP contribution in [-0.4, -0.2) is 30.9 Å². The van der Waals surface area contributed by atoms with E-state index in [1.807, 2.05) is 78.9 Å². The molecule has 0 aliphatic heterocycles. The quantitative estimate of drug-likeness (QED) is 0.309. The van der Waals surface area contributed by atoms with Crippen LogP contribution in [-0.2, 0) is 4.79 Å². The average Bonchev–Trinajstić information content (AvgIpc) is 2.91. The summed E-state index contributed by atoms with van der Waals surface area (Å²) in [4.78, 5) is 17.4. The maximum Gasteiger partial charge on any atom is 0.234 e. The Morgan fingerprint density at radius 1 is 0.943 bits per heavy atom. The smallest absolute Gasteiger partial charge is 0.234 e. The van der Waals surface area contributed by atoms with Crippen LogP contribution in [0.5, 0.6) is 11.5 Å². The molecule has 0 atom stereocenters. The van der Waals surface area contributed by atoms with E-state index < -0.39 is 0 Å². The van der Waals surface area contributed by atoms with Crippen LogP contribution in [0.15, 0.2) is 90.0 Å². The second-order valence-electron chi connectivity index (χ2n) is 7.46. The summed E-state index contributed by atoms with van der Waals surface area (Å²) in [7, 11) is 3.14. The Bertz CT molecular complexity index is 1370. The Balaban J connectivity index is 1.78. The number of hydrogen-bond donors (Lipinski definition) is 1. The molecular weight excluding hydrogens is 458 g/mol. The van der Waals surface area contributed by atoms with Crippen molar-refractivity contribution in [2.45, 2.75) is 5.03 Å². The van der Waals surface area contributed by atoms with Gasteiger partial charge < -0.3 is 14.8 Å². The minimum atomic E-state index is -0.183. The topological polar surface area (TPSA) is 84.2 Å². The van der Waals surface area contributed by atoms with Gasteiger partial charge in [-0.2, -0.15) is 5.26 Å². The Labute approximate surface area is 208 Å². The van der Waals surface area contributed by atoms with Crippen LogP contribution in [0.2, 0.25) is 0 Å². The maximum absolute atomic E-state index is 12.6. The summed E-state index contributed by atoms with van der Waals surface area (Å²) in [6.07, 6.45) is 0.